The average Bonchev–Trinajstić information content (AvgIpc) is 3.24. The number of nitrogens with one attached hydrogen (secondary N) is 3. The van der Waals surface area contributed by atoms with Gasteiger partial charge in [-0.25, -0.2) is 4.98 Å². The van der Waals surface area contributed by atoms with Gasteiger partial charge in [0.25, 0.3) is 0 Å². The molecule has 0 spiro atoms. The number of aliphatic imine (C=N–C) groups is 1. The van der Waals surface area contributed by atoms with Gasteiger partial charge in [-0.3, -0.25) is 10.1 Å². The quantitative estimate of drug-likeness (QED) is 0.204. The number of hydrogen-bond donors (Lipinski definition) is 3. The van der Waals surface area contributed by atoms with Crippen LogP contribution in [0.25, 0.3) is 11.4 Å². The van der Waals surface area contributed by atoms with Crippen LogP contribution in [0.2, 0.25) is 0 Å². The second-order valence-corrected chi connectivity index (χ2v) is 6.05. The first-order chi connectivity index (χ1) is 13.2. The van der Waals surface area contributed by atoms with E-state index in [-0.39, 0.29) is 24.0 Å². The van der Waals surface area contributed by atoms with E-state index in [0.717, 1.165) is 28.7 Å². The number of ether oxygens (including phenoxy) is 1. The summed E-state index contributed by atoms with van der Waals surface area (Å²) in [5.74, 6) is 2.36. The van der Waals surface area contributed by atoms with E-state index in [1.54, 1.807) is 7.05 Å². The Bertz CT molecular complexity index is 865. The third-order valence-corrected chi connectivity index (χ3v) is 3.98. The van der Waals surface area contributed by atoms with Gasteiger partial charge in [0.15, 0.2) is 11.8 Å². The molecule has 1 heterocycles. The molecule has 2 aromatic carbocycles. The summed E-state index contributed by atoms with van der Waals surface area (Å²) in [7, 11) is 1.75. The Morgan fingerprint density at radius 3 is 2.68 bits per heavy atom. The van der Waals surface area contributed by atoms with Crippen molar-refractivity contribution in [1.82, 2.24) is 25.8 Å². The fourth-order valence-corrected chi connectivity index (χ4v) is 2.55. The molecule has 0 aliphatic rings. The lowest BCUT2D eigenvalue weighted by Crippen LogP contribution is -2.38. The van der Waals surface area contributed by atoms with Crippen LogP contribution in [0.3, 0.4) is 0 Å². The maximum absolute atomic E-state index is 5.71. The van der Waals surface area contributed by atoms with Crippen LogP contribution in [0, 0.1) is 6.92 Å². The summed E-state index contributed by atoms with van der Waals surface area (Å²) in [5.41, 5.74) is 3.35. The Labute approximate surface area is 182 Å². The van der Waals surface area contributed by atoms with Crippen LogP contribution < -0.4 is 15.4 Å². The molecule has 0 aliphatic carbocycles. The molecule has 0 bridgehead atoms. The Hall–Kier alpha value is -2.62. The molecule has 3 aromatic rings. The van der Waals surface area contributed by atoms with Gasteiger partial charge in [-0.15, -0.1) is 24.0 Å². The van der Waals surface area contributed by atoms with E-state index >= 15 is 0 Å². The first kappa shape index (κ1) is 21.7. The Morgan fingerprint density at radius 1 is 1.14 bits per heavy atom. The zero-order chi connectivity index (χ0) is 18.9. The summed E-state index contributed by atoms with van der Waals surface area (Å²) in [6, 6.07) is 16.2. The van der Waals surface area contributed by atoms with Crippen molar-refractivity contribution in [3.05, 3.63) is 66.0 Å². The molecule has 0 saturated carbocycles. The first-order valence-electron chi connectivity index (χ1n) is 8.83. The summed E-state index contributed by atoms with van der Waals surface area (Å²) in [5, 5.41) is 13.3. The fourth-order valence-electron chi connectivity index (χ4n) is 2.55. The van der Waals surface area contributed by atoms with Gasteiger partial charge < -0.3 is 15.4 Å². The number of H-pyrrole nitrogens is 1. The SMILES string of the molecule is CN=C(NCCOc1ccc(C)cc1)NCc1cccc(-c2ncn[nH]2)c1.I. The molecule has 0 fully saturated rings. The molecule has 8 heteroatoms. The Kier molecular flexibility index (Phi) is 8.73. The number of benzene rings is 2. The number of guanidine groups is 1. The van der Waals surface area contributed by atoms with E-state index in [4.69, 9.17) is 4.74 Å². The van der Waals surface area contributed by atoms with E-state index < -0.39 is 0 Å². The van der Waals surface area contributed by atoms with Crippen molar-refractivity contribution >= 4 is 29.9 Å². The van der Waals surface area contributed by atoms with Crippen LogP contribution in [0.1, 0.15) is 11.1 Å². The van der Waals surface area contributed by atoms with Gasteiger partial charge >= 0.3 is 0 Å². The van der Waals surface area contributed by atoms with Gasteiger partial charge in [0.2, 0.25) is 0 Å². The van der Waals surface area contributed by atoms with Gasteiger partial charge in [0.1, 0.15) is 18.7 Å². The highest BCUT2D eigenvalue weighted by Crippen LogP contribution is 2.15. The highest BCUT2D eigenvalue weighted by molar-refractivity contribution is 14.0. The van der Waals surface area contributed by atoms with Crippen molar-refractivity contribution in [3.8, 4) is 17.1 Å². The number of aromatic amines is 1. The predicted molar refractivity (Wildman–Crippen MR) is 122 cm³/mol. The van der Waals surface area contributed by atoms with Gasteiger partial charge in [-0.2, -0.15) is 5.10 Å². The van der Waals surface area contributed by atoms with Gasteiger partial charge in [-0.1, -0.05) is 35.9 Å². The zero-order valence-corrected chi connectivity index (χ0v) is 18.3. The molecule has 1 aromatic heterocycles. The second kappa shape index (κ2) is 11.3. The average molecular weight is 492 g/mol. The third-order valence-electron chi connectivity index (χ3n) is 3.98. The molecule has 0 aliphatic heterocycles. The molecule has 0 atom stereocenters. The molecular weight excluding hydrogens is 467 g/mol. The summed E-state index contributed by atoms with van der Waals surface area (Å²) in [4.78, 5) is 8.42. The van der Waals surface area contributed by atoms with Crippen molar-refractivity contribution in [1.29, 1.82) is 0 Å². The van der Waals surface area contributed by atoms with Gasteiger partial charge in [0.05, 0.1) is 6.54 Å². The standard InChI is InChI=1S/C20H24N6O.HI/c1-15-6-8-18(9-7-15)27-11-10-22-20(21-2)23-13-16-4-3-5-17(12-16)19-24-14-25-26-19;/h3-9,12,14H,10-11,13H2,1-2H3,(H2,21,22,23)(H,24,25,26);1H. The lowest BCUT2D eigenvalue weighted by molar-refractivity contribution is 0.322. The second-order valence-electron chi connectivity index (χ2n) is 6.05. The molecular formula is C20H25IN6O. The maximum Gasteiger partial charge on any atom is 0.191 e. The molecule has 0 amide bonds. The number of hydrogen-bond acceptors (Lipinski definition) is 4. The summed E-state index contributed by atoms with van der Waals surface area (Å²) in [6.07, 6.45) is 1.50. The van der Waals surface area contributed by atoms with Crippen molar-refractivity contribution in [2.45, 2.75) is 13.5 Å². The van der Waals surface area contributed by atoms with Gasteiger partial charge in [-0.05, 0) is 30.7 Å². The van der Waals surface area contributed by atoms with Crippen LogP contribution >= 0.6 is 24.0 Å². The lowest BCUT2D eigenvalue weighted by atomic mass is 10.1. The number of aryl methyl sites for hydroxylation is 1. The lowest BCUT2D eigenvalue weighted by Gasteiger charge is -2.13. The summed E-state index contributed by atoms with van der Waals surface area (Å²) < 4.78 is 5.71. The van der Waals surface area contributed by atoms with Crippen molar-refractivity contribution in [2.24, 2.45) is 4.99 Å². The van der Waals surface area contributed by atoms with Crippen molar-refractivity contribution < 1.29 is 4.74 Å². The topological polar surface area (TPSA) is 87.2 Å². The summed E-state index contributed by atoms with van der Waals surface area (Å²) >= 11 is 0. The molecule has 0 saturated heterocycles. The van der Waals surface area contributed by atoms with Crippen LogP contribution in [0.15, 0.2) is 59.9 Å². The summed E-state index contributed by atoms with van der Waals surface area (Å²) in [6.45, 7) is 3.93. The highest BCUT2D eigenvalue weighted by Gasteiger charge is 2.03. The molecule has 3 rings (SSSR count). The van der Waals surface area contributed by atoms with E-state index in [1.807, 2.05) is 36.4 Å². The molecule has 28 heavy (non-hydrogen) atoms. The van der Waals surface area contributed by atoms with E-state index in [9.17, 15) is 0 Å². The normalized spacial score (nSPS) is 10.9. The van der Waals surface area contributed by atoms with Crippen LogP contribution in [0.4, 0.5) is 0 Å². The first-order valence-corrected chi connectivity index (χ1v) is 8.83. The van der Waals surface area contributed by atoms with E-state index in [2.05, 4.69) is 49.9 Å². The molecule has 0 radical (unpaired) electrons. The van der Waals surface area contributed by atoms with Crippen LogP contribution in [-0.4, -0.2) is 41.3 Å². The minimum atomic E-state index is 0. The number of halogens is 1. The number of rotatable bonds is 7. The zero-order valence-electron chi connectivity index (χ0n) is 16.0. The van der Waals surface area contributed by atoms with Crippen molar-refractivity contribution in [2.75, 3.05) is 20.2 Å². The van der Waals surface area contributed by atoms with Gasteiger partial charge in [0, 0.05) is 19.2 Å². The minimum Gasteiger partial charge on any atom is -0.492 e. The Morgan fingerprint density at radius 2 is 1.96 bits per heavy atom. The third kappa shape index (κ3) is 6.52. The van der Waals surface area contributed by atoms with Crippen molar-refractivity contribution in [3.63, 3.8) is 0 Å². The monoisotopic (exact) mass is 492 g/mol. The largest absolute Gasteiger partial charge is 0.492 e. The Balaban J connectivity index is 0.00000280. The van der Waals surface area contributed by atoms with E-state index in [1.165, 1.54) is 11.9 Å². The fraction of sp³-hybridized carbons (Fsp3) is 0.250. The molecule has 7 nitrogen and oxygen atoms in total. The van der Waals surface area contributed by atoms with Crippen LogP contribution in [-0.2, 0) is 6.54 Å². The maximum atomic E-state index is 5.71. The molecule has 3 N–H and O–H groups in total. The minimum absolute atomic E-state index is 0. The predicted octanol–water partition coefficient (Wildman–Crippen LogP) is 3.14. The smallest absolute Gasteiger partial charge is 0.191 e. The molecule has 148 valence electrons. The number of aromatic nitrogens is 3. The highest BCUT2D eigenvalue weighted by atomic mass is 127. The van der Waals surface area contributed by atoms with E-state index in [0.29, 0.717) is 19.7 Å². The number of nitrogens with zero attached hydrogens (tertiary/aromatic N) is 3. The molecule has 0 unspecified atom stereocenters. The van der Waals surface area contributed by atoms with Crippen LogP contribution in [0.5, 0.6) is 5.75 Å².